The molecule has 2 rings (SSSR count). The highest BCUT2D eigenvalue weighted by Crippen LogP contribution is 2.17. The lowest BCUT2D eigenvalue weighted by atomic mass is 10.2. The normalized spacial score (nSPS) is 16.8. The molecule has 0 bridgehead atoms. The first-order valence-corrected chi connectivity index (χ1v) is 6.15. The van der Waals surface area contributed by atoms with Gasteiger partial charge in [0.25, 0.3) is 5.91 Å². The van der Waals surface area contributed by atoms with Gasteiger partial charge < -0.3 is 4.74 Å². The Morgan fingerprint density at radius 3 is 2.83 bits per heavy atom. The summed E-state index contributed by atoms with van der Waals surface area (Å²) in [6.45, 7) is 4.15. The highest BCUT2D eigenvalue weighted by atomic mass is 16.5. The topological polar surface area (TPSA) is 46.6 Å². The lowest BCUT2D eigenvalue weighted by Gasteiger charge is -2.20. The van der Waals surface area contributed by atoms with Crippen molar-refractivity contribution in [3.8, 4) is 5.75 Å². The Morgan fingerprint density at radius 2 is 2.22 bits per heavy atom. The van der Waals surface area contributed by atoms with E-state index < -0.39 is 6.10 Å². The number of likely N-dealkylation sites (tertiary alicyclic amines) is 1. The maximum absolute atomic E-state index is 12.0. The van der Waals surface area contributed by atoms with Crippen molar-refractivity contribution in [2.24, 2.45) is 0 Å². The summed E-state index contributed by atoms with van der Waals surface area (Å²) in [7, 11) is 0. The molecule has 0 saturated carbocycles. The number of aryl methyl sites for hydroxylation is 1. The number of carbonyl (C=O) groups is 2. The summed E-state index contributed by atoms with van der Waals surface area (Å²) in [5.74, 6) is 0.307. The first-order chi connectivity index (χ1) is 8.58. The van der Waals surface area contributed by atoms with E-state index in [1.807, 2.05) is 31.2 Å². The van der Waals surface area contributed by atoms with Crippen LogP contribution in [0.3, 0.4) is 0 Å². The lowest BCUT2D eigenvalue weighted by Crippen LogP contribution is -2.41. The predicted molar refractivity (Wildman–Crippen MR) is 67.2 cm³/mol. The molecule has 1 fully saturated rings. The van der Waals surface area contributed by atoms with Crippen LogP contribution in [0, 0.1) is 6.92 Å². The zero-order chi connectivity index (χ0) is 13.1. The zero-order valence-electron chi connectivity index (χ0n) is 10.7. The van der Waals surface area contributed by atoms with Gasteiger partial charge in [0, 0.05) is 13.0 Å². The van der Waals surface area contributed by atoms with Gasteiger partial charge in [-0.1, -0.05) is 12.1 Å². The molecule has 4 heteroatoms. The first-order valence-electron chi connectivity index (χ1n) is 6.15. The van der Waals surface area contributed by atoms with E-state index in [0.29, 0.717) is 18.7 Å². The number of hydrogen-bond acceptors (Lipinski definition) is 3. The van der Waals surface area contributed by atoms with Crippen LogP contribution in [0.15, 0.2) is 24.3 Å². The molecule has 2 amide bonds. The van der Waals surface area contributed by atoms with Crippen molar-refractivity contribution in [1.29, 1.82) is 0 Å². The number of amides is 2. The summed E-state index contributed by atoms with van der Waals surface area (Å²) < 4.78 is 5.57. The van der Waals surface area contributed by atoms with Gasteiger partial charge in [-0.2, -0.15) is 0 Å². The summed E-state index contributed by atoms with van der Waals surface area (Å²) in [5, 5.41) is 0. The Hall–Kier alpha value is -1.84. The van der Waals surface area contributed by atoms with Crippen LogP contribution < -0.4 is 4.74 Å². The minimum atomic E-state index is -0.631. The van der Waals surface area contributed by atoms with Gasteiger partial charge in [-0.05, 0) is 38.0 Å². The minimum Gasteiger partial charge on any atom is -0.481 e. The SMILES string of the molecule is Cc1cccc(O[C@@H](C)C(=O)N2CCCC2=O)c1. The number of carbonyl (C=O) groups excluding carboxylic acids is 2. The molecule has 0 radical (unpaired) electrons. The number of ether oxygens (including phenoxy) is 1. The van der Waals surface area contributed by atoms with Gasteiger partial charge in [-0.15, -0.1) is 0 Å². The molecule has 1 aromatic rings. The molecule has 1 aromatic carbocycles. The van der Waals surface area contributed by atoms with Crippen LogP contribution in [0.1, 0.15) is 25.3 Å². The third-order valence-electron chi connectivity index (χ3n) is 2.99. The molecule has 96 valence electrons. The Morgan fingerprint density at radius 1 is 1.44 bits per heavy atom. The average molecular weight is 247 g/mol. The zero-order valence-corrected chi connectivity index (χ0v) is 10.7. The second-order valence-electron chi connectivity index (χ2n) is 4.56. The summed E-state index contributed by atoms with van der Waals surface area (Å²) in [6.07, 6.45) is 0.582. The van der Waals surface area contributed by atoms with Crippen LogP contribution in [0.25, 0.3) is 0 Å². The highest BCUT2D eigenvalue weighted by molar-refractivity contribution is 5.98. The molecule has 0 aromatic heterocycles. The van der Waals surface area contributed by atoms with Crippen LogP contribution in [-0.4, -0.2) is 29.4 Å². The number of benzene rings is 1. The largest absolute Gasteiger partial charge is 0.481 e. The van der Waals surface area contributed by atoms with Gasteiger partial charge in [-0.3, -0.25) is 14.5 Å². The van der Waals surface area contributed by atoms with Gasteiger partial charge in [0.2, 0.25) is 5.91 Å². The van der Waals surface area contributed by atoms with E-state index in [1.165, 1.54) is 4.90 Å². The maximum atomic E-state index is 12.0. The van der Waals surface area contributed by atoms with E-state index in [0.717, 1.165) is 12.0 Å². The van der Waals surface area contributed by atoms with Crippen molar-refractivity contribution in [3.05, 3.63) is 29.8 Å². The number of nitrogens with zero attached hydrogens (tertiary/aromatic N) is 1. The summed E-state index contributed by atoms with van der Waals surface area (Å²) in [4.78, 5) is 24.8. The Kier molecular flexibility index (Phi) is 3.65. The molecule has 0 N–H and O–H groups in total. The molecule has 1 aliphatic heterocycles. The second-order valence-corrected chi connectivity index (χ2v) is 4.56. The monoisotopic (exact) mass is 247 g/mol. The number of hydrogen-bond donors (Lipinski definition) is 0. The summed E-state index contributed by atoms with van der Waals surface area (Å²) >= 11 is 0. The fourth-order valence-electron chi connectivity index (χ4n) is 2.04. The van der Waals surface area contributed by atoms with Gasteiger partial charge in [0.15, 0.2) is 6.10 Å². The van der Waals surface area contributed by atoms with Gasteiger partial charge in [0.05, 0.1) is 0 Å². The molecule has 1 saturated heterocycles. The van der Waals surface area contributed by atoms with Crippen LogP contribution in [-0.2, 0) is 9.59 Å². The van der Waals surface area contributed by atoms with Crippen molar-refractivity contribution >= 4 is 11.8 Å². The summed E-state index contributed by atoms with van der Waals surface area (Å²) in [5.41, 5.74) is 1.07. The molecule has 18 heavy (non-hydrogen) atoms. The van der Waals surface area contributed by atoms with E-state index in [-0.39, 0.29) is 11.8 Å². The quantitative estimate of drug-likeness (QED) is 0.819. The van der Waals surface area contributed by atoms with E-state index in [2.05, 4.69) is 0 Å². The Balaban J connectivity index is 2.01. The van der Waals surface area contributed by atoms with E-state index in [1.54, 1.807) is 6.92 Å². The molecule has 0 spiro atoms. The molecular formula is C14H17NO3. The highest BCUT2D eigenvalue weighted by Gasteiger charge is 2.30. The van der Waals surface area contributed by atoms with Gasteiger partial charge in [0.1, 0.15) is 5.75 Å². The Bertz CT molecular complexity index is 470. The average Bonchev–Trinajstić information content (AvgIpc) is 2.74. The standard InChI is InChI=1S/C14H17NO3/c1-10-5-3-6-12(9-10)18-11(2)14(17)15-8-4-7-13(15)16/h3,5-6,9,11H,4,7-8H2,1-2H3/t11-/m0/s1. The fraction of sp³-hybridized carbons (Fsp3) is 0.429. The van der Waals surface area contributed by atoms with Crippen LogP contribution >= 0.6 is 0 Å². The third kappa shape index (κ3) is 2.70. The molecule has 0 aliphatic carbocycles. The summed E-state index contributed by atoms with van der Waals surface area (Å²) in [6, 6.07) is 7.52. The van der Waals surface area contributed by atoms with Crippen molar-refractivity contribution in [1.82, 2.24) is 4.90 Å². The van der Waals surface area contributed by atoms with E-state index in [9.17, 15) is 9.59 Å². The molecule has 1 heterocycles. The smallest absolute Gasteiger partial charge is 0.269 e. The van der Waals surface area contributed by atoms with E-state index >= 15 is 0 Å². The fourth-order valence-corrected chi connectivity index (χ4v) is 2.04. The molecule has 4 nitrogen and oxygen atoms in total. The van der Waals surface area contributed by atoms with Gasteiger partial charge >= 0.3 is 0 Å². The number of rotatable bonds is 3. The first kappa shape index (κ1) is 12.6. The molecule has 1 aliphatic rings. The van der Waals surface area contributed by atoms with Crippen LogP contribution in [0.4, 0.5) is 0 Å². The maximum Gasteiger partial charge on any atom is 0.269 e. The lowest BCUT2D eigenvalue weighted by molar-refractivity contribution is -0.146. The predicted octanol–water partition coefficient (Wildman–Crippen LogP) is 1.91. The van der Waals surface area contributed by atoms with E-state index in [4.69, 9.17) is 4.74 Å². The van der Waals surface area contributed by atoms with Crippen molar-refractivity contribution in [2.45, 2.75) is 32.8 Å². The third-order valence-corrected chi connectivity index (χ3v) is 2.99. The molecular weight excluding hydrogens is 230 g/mol. The second kappa shape index (κ2) is 5.21. The van der Waals surface area contributed by atoms with Crippen molar-refractivity contribution in [3.63, 3.8) is 0 Å². The molecule has 0 unspecified atom stereocenters. The molecule has 1 atom stereocenters. The Labute approximate surface area is 107 Å². The van der Waals surface area contributed by atoms with Gasteiger partial charge in [-0.25, -0.2) is 0 Å². The van der Waals surface area contributed by atoms with Crippen molar-refractivity contribution < 1.29 is 14.3 Å². The number of imide groups is 1. The van der Waals surface area contributed by atoms with Crippen LogP contribution in [0.2, 0.25) is 0 Å². The van der Waals surface area contributed by atoms with Crippen molar-refractivity contribution in [2.75, 3.05) is 6.54 Å². The minimum absolute atomic E-state index is 0.0975. The van der Waals surface area contributed by atoms with Crippen LogP contribution in [0.5, 0.6) is 5.75 Å².